The van der Waals surface area contributed by atoms with Gasteiger partial charge in [0.05, 0.1) is 0 Å². The number of hydrogen-bond acceptors (Lipinski definition) is 14. The Kier molecular flexibility index (Phi) is 17.4. The van der Waals surface area contributed by atoms with Crippen LogP contribution in [-0.4, -0.2) is 165 Å². The maximum absolute atomic E-state index is 11.8. The molecule has 0 aliphatic rings. The lowest BCUT2D eigenvalue weighted by Gasteiger charge is -2.31. The van der Waals surface area contributed by atoms with E-state index in [0.717, 1.165) is 0 Å². The first-order valence-corrected chi connectivity index (χ1v) is 10.7. The Morgan fingerprint density at radius 3 is 0.833 bits per heavy atom. The van der Waals surface area contributed by atoms with Gasteiger partial charge in [0, 0.05) is 39.3 Å². The van der Waals surface area contributed by atoms with Crippen molar-refractivity contribution in [2.75, 3.05) is 66.2 Å². The fraction of sp³-hybridized carbons (Fsp3) is 0.778. The summed E-state index contributed by atoms with van der Waals surface area (Å²) in [4.78, 5) is 49.6. The van der Waals surface area contributed by atoms with Gasteiger partial charge in [-0.05, 0) is 0 Å². The molecule has 4 amide bonds. The molecular weight excluding hydrogens is 492 g/mol. The average Bonchev–Trinajstić information content (AvgIpc) is 2.82. The van der Waals surface area contributed by atoms with E-state index in [1.165, 1.54) is 9.80 Å². The topological polar surface area (TPSA) is 285 Å². The molecule has 0 heterocycles. The van der Waals surface area contributed by atoms with Crippen LogP contribution in [0.15, 0.2) is 0 Å². The van der Waals surface area contributed by atoms with Crippen LogP contribution in [0.1, 0.15) is 0 Å². The fourth-order valence-corrected chi connectivity index (χ4v) is 2.89. The van der Waals surface area contributed by atoms with Crippen LogP contribution < -0.4 is 21.3 Å². The molecule has 0 rings (SSSR count). The zero-order valence-electron chi connectivity index (χ0n) is 19.5. The van der Waals surface area contributed by atoms with Crippen LogP contribution in [0.4, 0.5) is 0 Å². The summed E-state index contributed by atoms with van der Waals surface area (Å²) >= 11 is 0. The molecule has 210 valence electrons. The zero-order valence-corrected chi connectivity index (χ0v) is 19.5. The van der Waals surface area contributed by atoms with Crippen molar-refractivity contribution in [3.63, 3.8) is 0 Å². The lowest BCUT2D eigenvalue weighted by molar-refractivity contribution is -0.135. The van der Waals surface area contributed by atoms with Gasteiger partial charge in [0.15, 0.2) is 0 Å². The molecular formula is C18H36N6O12. The molecule has 0 aromatic heterocycles. The molecule has 0 spiro atoms. The Morgan fingerprint density at radius 1 is 0.472 bits per heavy atom. The van der Waals surface area contributed by atoms with Crippen molar-refractivity contribution in [3.8, 4) is 0 Å². The normalized spacial score (nSPS) is 14.6. The van der Waals surface area contributed by atoms with Gasteiger partial charge in [-0.25, -0.2) is 0 Å². The molecule has 0 saturated heterocycles. The molecule has 36 heavy (non-hydrogen) atoms. The van der Waals surface area contributed by atoms with E-state index < -0.39 is 101 Å². The summed E-state index contributed by atoms with van der Waals surface area (Å²) in [5.41, 5.74) is 0. The quantitative estimate of drug-likeness (QED) is 0.0694. The van der Waals surface area contributed by atoms with Gasteiger partial charge in [-0.3, -0.25) is 29.0 Å². The van der Waals surface area contributed by atoms with E-state index in [1.54, 1.807) is 0 Å². The Labute approximate surface area is 206 Å². The van der Waals surface area contributed by atoms with Crippen LogP contribution >= 0.6 is 0 Å². The second kappa shape index (κ2) is 18.7. The highest BCUT2D eigenvalue weighted by molar-refractivity contribution is 5.82. The third-order valence-corrected chi connectivity index (χ3v) is 4.68. The molecule has 12 N–H and O–H groups in total. The van der Waals surface area contributed by atoms with Crippen LogP contribution in [0.5, 0.6) is 0 Å². The van der Waals surface area contributed by atoms with E-state index >= 15 is 0 Å². The number of amides is 4. The van der Waals surface area contributed by atoms with Crippen molar-refractivity contribution in [2.24, 2.45) is 0 Å². The monoisotopic (exact) mass is 528 g/mol. The van der Waals surface area contributed by atoms with Gasteiger partial charge >= 0.3 is 0 Å². The van der Waals surface area contributed by atoms with Crippen molar-refractivity contribution < 1.29 is 60.0 Å². The second-order valence-corrected chi connectivity index (χ2v) is 7.38. The van der Waals surface area contributed by atoms with Crippen molar-refractivity contribution in [1.82, 2.24) is 31.1 Å². The third kappa shape index (κ3) is 13.5. The minimum absolute atomic E-state index is 0.157. The number of nitrogens with zero attached hydrogens (tertiary/aromatic N) is 2. The molecule has 0 fully saturated rings. The van der Waals surface area contributed by atoms with Gasteiger partial charge in [0.2, 0.25) is 0 Å². The smallest absolute Gasteiger partial charge is 0.251 e. The number of aliphatic hydroxyl groups excluding tert-OH is 8. The predicted molar refractivity (Wildman–Crippen MR) is 118 cm³/mol. The minimum atomic E-state index is -1.71. The SMILES string of the molecule is O=C(NCO)C(O)CN(CCN(CC(O)C(=O)NCO)CC(O)C(=O)NCO)CC(O)C(=O)NCO. The largest absolute Gasteiger partial charge is 0.382 e. The Bertz CT molecular complexity index is 579. The summed E-state index contributed by atoms with van der Waals surface area (Å²) in [5, 5.41) is 83.3. The lowest BCUT2D eigenvalue weighted by Crippen LogP contribution is -2.52. The lowest BCUT2D eigenvalue weighted by atomic mass is 10.2. The first kappa shape index (κ1) is 33.5. The number of hydrogen-bond donors (Lipinski definition) is 12. The summed E-state index contributed by atoms with van der Waals surface area (Å²) in [6.45, 7) is -5.16. The summed E-state index contributed by atoms with van der Waals surface area (Å²) in [6, 6.07) is 0. The molecule has 4 unspecified atom stereocenters. The molecule has 0 bridgehead atoms. The highest BCUT2D eigenvalue weighted by Crippen LogP contribution is 2.03. The molecule has 0 saturated carbocycles. The summed E-state index contributed by atoms with van der Waals surface area (Å²) in [7, 11) is 0. The minimum Gasteiger partial charge on any atom is -0.382 e. The van der Waals surface area contributed by atoms with Gasteiger partial charge in [0.25, 0.3) is 23.6 Å². The standard InChI is InChI=1S/C18H36N6O12/c25-7-19-15(33)11(29)3-23(4-12(30)16(34)20-8-26)1-2-24(5-13(31)17(35)21-9-27)6-14(32)18(36)22-10-28/h11-14,25-32H,1-10H2,(H,19,33)(H,20,34)(H,21,35)(H,22,36). The molecule has 0 aliphatic carbocycles. The first-order chi connectivity index (χ1) is 17.0. The Hall–Kier alpha value is -2.52. The fourth-order valence-electron chi connectivity index (χ4n) is 2.89. The number of rotatable bonds is 19. The highest BCUT2D eigenvalue weighted by atomic mass is 16.3. The van der Waals surface area contributed by atoms with E-state index in [-0.39, 0.29) is 13.1 Å². The van der Waals surface area contributed by atoms with E-state index in [2.05, 4.69) is 0 Å². The number of nitrogens with one attached hydrogen (secondary N) is 4. The van der Waals surface area contributed by atoms with Crippen molar-refractivity contribution >= 4 is 23.6 Å². The average molecular weight is 529 g/mol. The number of carbonyl (C=O) groups excluding carboxylic acids is 4. The van der Waals surface area contributed by atoms with Crippen molar-refractivity contribution in [2.45, 2.75) is 24.4 Å². The molecule has 4 atom stereocenters. The molecule has 0 aromatic rings. The highest BCUT2D eigenvalue weighted by Gasteiger charge is 2.27. The zero-order chi connectivity index (χ0) is 27.7. The van der Waals surface area contributed by atoms with Crippen molar-refractivity contribution in [3.05, 3.63) is 0 Å². The molecule has 0 aromatic carbocycles. The third-order valence-electron chi connectivity index (χ3n) is 4.68. The van der Waals surface area contributed by atoms with E-state index in [1.807, 2.05) is 21.3 Å². The van der Waals surface area contributed by atoms with E-state index in [9.17, 15) is 39.6 Å². The van der Waals surface area contributed by atoms with Gasteiger partial charge in [0.1, 0.15) is 51.3 Å². The van der Waals surface area contributed by atoms with Gasteiger partial charge in [-0.15, -0.1) is 0 Å². The Balaban J connectivity index is 5.55. The van der Waals surface area contributed by atoms with E-state index in [4.69, 9.17) is 20.4 Å². The van der Waals surface area contributed by atoms with Crippen LogP contribution in [-0.2, 0) is 19.2 Å². The van der Waals surface area contributed by atoms with Crippen LogP contribution in [0.2, 0.25) is 0 Å². The van der Waals surface area contributed by atoms with Crippen LogP contribution in [0, 0.1) is 0 Å². The maximum Gasteiger partial charge on any atom is 0.251 e. The summed E-state index contributed by atoms with van der Waals surface area (Å²) < 4.78 is 0. The van der Waals surface area contributed by atoms with Gasteiger partial charge < -0.3 is 62.1 Å². The molecule has 18 nitrogen and oxygen atoms in total. The Morgan fingerprint density at radius 2 is 0.667 bits per heavy atom. The molecule has 0 radical (unpaired) electrons. The van der Waals surface area contributed by atoms with Gasteiger partial charge in [-0.1, -0.05) is 0 Å². The first-order valence-electron chi connectivity index (χ1n) is 10.7. The predicted octanol–water partition coefficient (Wildman–Crippen LogP) is -8.70. The number of carbonyl (C=O) groups is 4. The second-order valence-electron chi connectivity index (χ2n) is 7.38. The van der Waals surface area contributed by atoms with E-state index in [0.29, 0.717) is 0 Å². The summed E-state index contributed by atoms with van der Waals surface area (Å²) in [6.07, 6.45) is -6.83. The van der Waals surface area contributed by atoms with Crippen LogP contribution in [0.25, 0.3) is 0 Å². The summed E-state index contributed by atoms with van der Waals surface area (Å²) in [5.74, 6) is -3.83. The maximum atomic E-state index is 11.8. The number of aliphatic hydroxyl groups is 8. The van der Waals surface area contributed by atoms with Gasteiger partial charge in [-0.2, -0.15) is 0 Å². The molecule has 0 aliphatic heterocycles. The molecule has 18 heteroatoms. The van der Waals surface area contributed by atoms with Crippen molar-refractivity contribution in [1.29, 1.82) is 0 Å². The van der Waals surface area contributed by atoms with Crippen LogP contribution in [0.3, 0.4) is 0 Å².